The fourth-order valence-corrected chi connectivity index (χ4v) is 2.36. The number of carbonyl (C=O) groups is 1. The molecular formula is C11H16N4O3. The first-order valence-corrected chi connectivity index (χ1v) is 6.05. The van der Waals surface area contributed by atoms with Gasteiger partial charge in [-0.3, -0.25) is 4.79 Å². The number of nitro groups is 1. The molecule has 1 aromatic rings. The highest BCUT2D eigenvalue weighted by Crippen LogP contribution is 2.23. The minimum absolute atomic E-state index is 0.0662. The molecular weight excluding hydrogens is 236 g/mol. The number of nitrogens with zero attached hydrogens (tertiary/aromatic N) is 4. The predicted molar refractivity (Wildman–Crippen MR) is 63.6 cm³/mol. The zero-order valence-electron chi connectivity index (χ0n) is 10.3. The zero-order chi connectivity index (χ0) is 13.1. The minimum atomic E-state index is -0.538. The van der Waals surface area contributed by atoms with Crippen LogP contribution in [0.4, 0.5) is 5.95 Å². The summed E-state index contributed by atoms with van der Waals surface area (Å²) in [7, 11) is 0. The molecule has 0 bridgehead atoms. The third kappa shape index (κ3) is 2.49. The van der Waals surface area contributed by atoms with Crippen molar-refractivity contribution in [3.8, 4) is 0 Å². The Morgan fingerprint density at radius 1 is 1.61 bits per heavy atom. The predicted octanol–water partition coefficient (Wildman–Crippen LogP) is 1.40. The first-order chi connectivity index (χ1) is 8.61. The maximum Gasteiger partial charge on any atom is 0.436 e. The van der Waals surface area contributed by atoms with Gasteiger partial charge in [0.25, 0.3) is 0 Å². The van der Waals surface area contributed by atoms with E-state index in [9.17, 15) is 14.9 Å². The zero-order valence-corrected chi connectivity index (χ0v) is 10.3. The normalized spacial score (nSPS) is 19.5. The number of hydrogen-bond acceptors (Lipinski definition) is 4. The number of hydrogen-bond donors (Lipinski definition) is 0. The van der Waals surface area contributed by atoms with Crippen molar-refractivity contribution in [3.05, 3.63) is 22.5 Å². The summed E-state index contributed by atoms with van der Waals surface area (Å²) in [6, 6.07) is 0. The Bertz CT molecular complexity index is 457. The number of imidazole rings is 1. The number of likely N-dealkylation sites (tertiary alicyclic amines) is 1. The summed E-state index contributed by atoms with van der Waals surface area (Å²) in [4.78, 5) is 27.3. The van der Waals surface area contributed by atoms with Crippen molar-refractivity contribution in [2.45, 2.75) is 32.9 Å². The van der Waals surface area contributed by atoms with Gasteiger partial charge >= 0.3 is 5.95 Å². The lowest BCUT2D eigenvalue weighted by Gasteiger charge is -2.15. The molecule has 0 radical (unpaired) electrons. The van der Waals surface area contributed by atoms with Crippen LogP contribution < -0.4 is 0 Å². The van der Waals surface area contributed by atoms with Gasteiger partial charge in [0.05, 0.1) is 0 Å². The number of amides is 1. The van der Waals surface area contributed by atoms with E-state index in [1.807, 2.05) is 0 Å². The van der Waals surface area contributed by atoms with Crippen LogP contribution in [0.25, 0.3) is 0 Å². The van der Waals surface area contributed by atoms with E-state index < -0.39 is 4.92 Å². The summed E-state index contributed by atoms with van der Waals surface area (Å²) >= 11 is 0. The molecule has 98 valence electrons. The van der Waals surface area contributed by atoms with Crippen LogP contribution in [0.5, 0.6) is 0 Å². The molecule has 1 amide bonds. The fraction of sp³-hybridized carbons (Fsp3) is 0.636. The number of rotatable bonds is 5. The SMILES string of the molecule is CCCC1CC(=O)N(Cn2ccnc2[N+](=O)[O-])C1. The lowest BCUT2D eigenvalue weighted by molar-refractivity contribution is -0.397. The minimum Gasteiger partial charge on any atom is -0.390 e. The molecule has 7 heteroatoms. The van der Waals surface area contributed by atoms with Gasteiger partial charge in [-0.15, -0.1) is 0 Å². The summed E-state index contributed by atoms with van der Waals surface area (Å²) < 4.78 is 1.40. The van der Waals surface area contributed by atoms with E-state index in [1.54, 1.807) is 4.90 Å². The van der Waals surface area contributed by atoms with E-state index >= 15 is 0 Å². The standard InChI is InChI=1S/C11H16N4O3/c1-2-3-9-6-10(16)14(7-9)8-13-5-4-12-11(13)15(17)18/h4-5,9H,2-3,6-8H2,1H3. The quantitative estimate of drug-likeness (QED) is 0.586. The van der Waals surface area contributed by atoms with Gasteiger partial charge in [0.1, 0.15) is 19.1 Å². The van der Waals surface area contributed by atoms with E-state index in [0.717, 1.165) is 12.8 Å². The van der Waals surface area contributed by atoms with E-state index in [1.165, 1.54) is 17.0 Å². The Morgan fingerprint density at radius 2 is 2.39 bits per heavy atom. The molecule has 0 saturated carbocycles. The molecule has 1 saturated heterocycles. The fourth-order valence-electron chi connectivity index (χ4n) is 2.36. The van der Waals surface area contributed by atoms with Crippen LogP contribution in [0.1, 0.15) is 26.2 Å². The molecule has 1 aliphatic rings. The molecule has 0 N–H and O–H groups in total. The van der Waals surface area contributed by atoms with Crippen LogP contribution in [0.3, 0.4) is 0 Å². The molecule has 0 aliphatic carbocycles. The molecule has 18 heavy (non-hydrogen) atoms. The number of aromatic nitrogens is 2. The van der Waals surface area contributed by atoms with E-state index in [0.29, 0.717) is 18.9 Å². The maximum absolute atomic E-state index is 11.8. The lowest BCUT2D eigenvalue weighted by atomic mass is 10.0. The van der Waals surface area contributed by atoms with Gasteiger partial charge in [0.2, 0.25) is 5.91 Å². The van der Waals surface area contributed by atoms with Crippen LogP contribution in [-0.2, 0) is 11.5 Å². The summed E-state index contributed by atoms with van der Waals surface area (Å²) in [6.45, 7) is 2.99. The third-order valence-corrected chi connectivity index (χ3v) is 3.17. The molecule has 1 aromatic heterocycles. The second kappa shape index (κ2) is 5.16. The number of carbonyl (C=O) groups excluding carboxylic acids is 1. The molecule has 1 aliphatic heterocycles. The van der Waals surface area contributed by atoms with Crippen molar-refractivity contribution in [1.29, 1.82) is 0 Å². The van der Waals surface area contributed by atoms with Gasteiger partial charge in [0, 0.05) is 13.0 Å². The average Bonchev–Trinajstić information content (AvgIpc) is 2.88. The highest BCUT2D eigenvalue weighted by atomic mass is 16.6. The third-order valence-electron chi connectivity index (χ3n) is 3.17. The average molecular weight is 252 g/mol. The molecule has 0 aromatic carbocycles. The first-order valence-electron chi connectivity index (χ1n) is 6.05. The van der Waals surface area contributed by atoms with Gasteiger partial charge in [-0.1, -0.05) is 18.3 Å². The van der Waals surface area contributed by atoms with Crippen LogP contribution in [0, 0.1) is 16.0 Å². The van der Waals surface area contributed by atoms with Crippen molar-refractivity contribution in [3.63, 3.8) is 0 Å². The summed E-state index contributed by atoms with van der Waals surface area (Å²) in [5.74, 6) is 0.225. The van der Waals surface area contributed by atoms with Gasteiger partial charge in [-0.2, -0.15) is 0 Å². The second-order valence-electron chi connectivity index (χ2n) is 4.57. The van der Waals surface area contributed by atoms with Crippen molar-refractivity contribution in [1.82, 2.24) is 14.5 Å². The van der Waals surface area contributed by atoms with Gasteiger partial charge in [-0.05, 0) is 17.3 Å². The van der Waals surface area contributed by atoms with Crippen molar-refractivity contribution >= 4 is 11.9 Å². The molecule has 1 fully saturated rings. The monoisotopic (exact) mass is 252 g/mol. The summed E-state index contributed by atoms with van der Waals surface area (Å²) in [5.41, 5.74) is 0. The van der Waals surface area contributed by atoms with Crippen molar-refractivity contribution < 1.29 is 9.72 Å². The van der Waals surface area contributed by atoms with Crippen LogP contribution >= 0.6 is 0 Å². The molecule has 2 heterocycles. The van der Waals surface area contributed by atoms with Crippen LogP contribution in [0.15, 0.2) is 12.4 Å². The Balaban J connectivity index is 2.03. The molecule has 2 rings (SSSR count). The Morgan fingerprint density at radius 3 is 3.06 bits per heavy atom. The van der Waals surface area contributed by atoms with E-state index in [-0.39, 0.29) is 18.5 Å². The topological polar surface area (TPSA) is 81.3 Å². The summed E-state index contributed by atoms with van der Waals surface area (Å²) in [5, 5.41) is 10.7. The molecule has 1 atom stereocenters. The van der Waals surface area contributed by atoms with Crippen molar-refractivity contribution in [2.24, 2.45) is 5.92 Å². The summed E-state index contributed by atoms with van der Waals surface area (Å²) in [6.07, 6.45) is 5.53. The van der Waals surface area contributed by atoms with E-state index in [4.69, 9.17) is 0 Å². The van der Waals surface area contributed by atoms with Gasteiger partial charge < -0.3 is 15.0 Å². The van der Waals surface area contributed by atoms with E-state index in [2.05, 4.69) is 11.9 Å². The van der Waals surface area contributed by atoms with Crippen LogP contribution in [-0.4, -0.2) is 31.8 Å². The Hall–Kier alpha value is -1.92. The second-order valence-corrected chi connectivity index (χ2v) is 4.57. The molecule has 7 nitrogen and oxygen atoms in total. The maximum atomic E-state index is 11.8. The Kier molecular flexibility index (Phi) is 3.59. The first kappa shape index (κ1) is 12.5. The lowest BCUT2D eigenvalue weighted by Crippen LogP contribution is -2.28. The Labute approximate surface area is 105 Å². The largest absolute Gasteiger partial charge is 0.436 e. The van der Waals surface area contributed by atoms with Crippen LogP contribution in [0.2, 0.25) is 0 Å². The molecule has 0 spiro atoms. The van der Waals surface area contributed by atoms with Gasteiger partial charge in [0.15, 0.2) is 0 Å². The smallest absolute Gasteiger partial charge is 0.390 e. The highest BCUT2D eigenvalue weighted by molar-refractivity contribution is 5.78. The van der Waals surface area contributed by atoms with Gasteiger partial charge in [-0.25, -0.2) is 4.57 Å². The highest BCUT2D eigenvalue weighted by Gasteiger charge is 2.30. The van der Waals surface area contributed by atoms with Crippen molar-refractivity contribution in [2.75, 3.05) is 6.54 Å². The molecule has 1 unspecified atom stereocenters.